The molecule has 0 atom stereocenters. The molecule has 10 aromatic carbocycles. The van der Waals surface area contributed by atoms with Gasteiger partial charge in [0.05, 0.1) is 16.7 Å². The molecular weight excluding hydrogens is 773 g/mol. The smallest absolute Gasteiger partial charge is 0.143 e. The summed E-state index contributed by atoms with van der Waals surface area (Å²) in [5.41, 5.74) is 13.1. The highest BCUT2D eigenvalue weighted by molar-refractivity contribution is 7.26. The zero-order chi connectivity index (χ0) is 40.7. The molecule has 0 aliphatic heterocycles. The standard InChI is InChI=1S/C58H36N2OS/c1-2-14-42-37(13-1)29-36-50-49-21-12-20-48(57(49)61-56(42)50)46-17-5-7-23-52(46)59(39-30-27-38(28-31-39)43-19-11-22-51-47-18-6-10-26-55(47)62-58(43)51)40-32-34-41(35-33-40)60-53-24-8-3-15-44(53)45-16-4-9-25-54(45)60/h1-36H. The van der Waals surface area contributed by atoms with Crippen LogP contribution in [0.2, 0.25) is 0 Å². The van der Waals surface area contributed by atoms with Gasteiger partial charge in [0.25, 0.3) is 0 Å². The highest BCUT2D eigenvalue weighted by Crippen LogP contribution is 2.46. The van der Waals surface area contributed by atoms with Crippen LogP contribution < -0.4 is 4.90 Å². The maximum atomic E-state index is 6.93. The van der Waals surface area contributed by atoms with Crippen LogP contribution in [-0.4, -0.2) is 4.57 Å². The molecule has 13 aromatic rings. The number of anilines is 3. The minimum Gasteiger partial charge on any atom is -0.455 e. The molecule has 0 fully saturated rings. The lowest BCUT2D eigenvalue weighted by atomic mass is 9.98. The SMILES string of the molecule is c1ccc(N(c2ccc(-c3cccc4c3sc3ccccc34)cc2)c2ccc(-n3c4ccccc4c4ccccc43)cc2)c(-c2cccc3c2oc2c4ccccc4ccc32)c1. The Labute approximate surface area is 361 Å². The van der Waals surface area contributed by atoms with Crippen molar-refractivity contribution in [3.05, 3.63) is 218 Å². The molecule has 3 heterocycles. The first-order valence-electron chi connectivity index (χ1n) is 21.1. The Morgan fingerprint density at radius 2 is 0.935 bits per heavy atom. The Morgan fingerprint density at radius 3 is 1.71 bits per heavy atom. The molecule has 62 heavy (non-hydrogen) atoms. The molecule has 13 rings (SSSR count). The van der Waals surface area contributed by atoms with Gasteiger partial charge in [-0.3, -0.25) is 0 Å². The Balaban J connectivity index is 0.993. The zero-order valence-electron chi connectivity index (χ0n) is 33.5. The third-order valence-corrected chi connectivity index (χ3v) is 13.8. The molecule has 4 heteroatoms. The lowest BCUT2D eigenvalue weighted by Crippen LogP contribution is -2.11. The maximum Gasteiger partial charge on any atom is 0.143 e. The number of thiophene rings is 1. The van der Waals surface area contributed by atoms with E-state index in [1.807, 2.05) is 11.3 Å². The number of hydrogen-bond donors (Lipinski definition) is 0. The van der Waals surface area contributed by atoms with Gasteiger partial charge in [0.2, 0.25) is 0 Å². The molecule has 0 saturated carbocycles. The van der Waals surface area contributed by atoms with Crippen LogP contribution in [0.15, 0.2) is 223 Å². The Hall–Kier alpha value is -7.92. The van der Waals surface area contributed by atoms with E-state index in [9.17, 15) is 0 Å². The first-order chi connectivity index (χ1) is 30.8. The third-order valence-electron chi connectivity index (χ3n) is 12.6. The van der Waals surface area contributed by atoms with E-state index in [4.69, 9.17) is 4.42 Å². The Kier molecular flexibility index (Phi) is 7.78. The van der Waals surface area contributed by atoms with Gasteiger partial charge >= 0.3 is 0 Å². The fourth-order valence-electron chi connectivity index (χ4n) is 9.78. The van der Waals surface area contributed by atoms with Crippen LogP contribution in [0.25, 0.3) is 103 Å². The van der Waals surface area contributed by atoms with Gasteiger partial charge in [-0.1, -0.05) is 152 Å². The van der Waals surface area contributed by atoms with Crippen LogP contribution in [0.1, 0.15) is 0 Å². The summed E-state index contributed by atoms with van der Waals surface area (Å²) in [4.78, 5) is 2.39. The molecule has 290 valence electrons. The van der Waals surface area contributed by atoms with E-state index in [1.165, 1.54) is 58.5 Å². The molecule has 0 N–H and O–H groups in total. The van der Waals surface area contributed by atoms with Crippen LogP contribution in [0.5, 0.6) is 0 Å². The minimum absolute atomic E-state index is 0.889. The van der Waals surface area contributed by atoms with Gasteiger partial charge in [-0.25, -0.2) is 0 Å². The van der Waals surface area contributed by atoms with Gasteiger partial charge in [0.15, 0.2) is 0 Å². The maximum absolute atomic E-state index is 6.93. The molecule has 0 radical (unpaired) electrons. The van der Waals surface area contributed by atoms with Crippen molar-refractivity contribution in [2.24, 2.45) is 0 Å². The van der Waals surface area contributed by atoms with Crippen molar-refractivity contribution in [3.63, 3.8) is 0 Å². The lowest BCUT2D eigenvalue weighted by Gasteiger charge is -2.28. The molecule has 0 unspecified atom stereocenters. The molecule has 0 amide bonds. The molecular formula is C58H36N2OS. The van der Waals surface area contributed by atoms with Crippen LogP contribution in [0.3, 0.4) is 0 Å². The molecule has 0 aliphatic rings. The summed E-state index contributed by atoms with van der Waals surface area (Å²) in [6.07, 6.45) is 0. The Bertz CT molecular complexity index is 3820. The molecule has 3 aromatic heterocycles. The van der Waals surface area contributed by atoms with E-state index < -0.39 is 0 Å². The summed E-state index contributed by atoms with van der Waals surface area (Å²) in [5.74, 6) is 0. The summed E-state index contributed by atoms with van der Waals surface area (Å²) in [6, 6.07) is 79.1. The average molecular weight is 809 g/mol. The fraction of sp³-hybridized carbons (Fsp3) is 0. The van der Waals surface area contributed by atoms with Crippen molar-refractivity contribution in [2.45, 2.75) is 0 Å². The number of fused-ring (bicyclic) bond motifs is 11. The first kappa shape index (κ1) is 34.9. The van der Waals surface area contributed by atoms with Crippen LogP contribution in [0.4, 0.5) is 17.1 Å². The number of aromatic nitrogens is 1. The second kappa shape index (κ2) is 13.8. The largest absolute Gasteiger partial charge is 0.455 e. The van der Waals surface area contributed by atoms with Crippen molar-refractivity contribution in [3.8, 4) is 27.9 Å². The summed E-state index contributed by atoms with van der Waals surface area (Å²) in [5, 5.41) is 9.65. The Morgan fingerprint density at radius 1 is 0.371 bits per heavy atom. The number of hydrogen-bond acceptors (Lipinski definition) is 3. The van der Waals surface area contributed by atoms with Gasteiger partial charge in [-0.05, 0) is 83.2 Å². The number of nitrogens with zero attached hydrogens (tertiary/aromatic N) is 2. The van der Waals surface area contributed by atoms with Gasteiger partial charge in [0.1, 0.15) is 11.2 Å². The number of furan rings is 1. The zero-order valence-corrected chi connectivity index (χ0v) is 34.3. The van der Waals surface area contributed by atoms with Gasteiger partial charge in [0, 0.05) is 75.3 Å². The van der Waals surface area contributed by atoms with Gasteiger partial charge in [-0.15, -0.1) is 11.3 Å². The molecule has 0 bridgehead atoms. The molecule has 3 nitrogen and oxygen atoms in total. The lowest BCUT2D eigenvalue weighted by molar-refractivity contribution is 0.674. The third kappa shape index (κ3) is 5.30. The van der Waals surface area contributed by atoms with Crippen LogP contribution in [0, 0.1) is 0 Å². The summed E-state index contributed by atoms with van der Waals surface area (Å²) in [6.45, 7) is 0. The van der Waals surface area contributed by atoms with Crippen LogP contribution >= 0.6 is 11.3 Å². The van der Waals surface area contributed by atoms with Crippen molar-refractivity contribution >= 4 is 103 Å². The highest BCUT2D eigenvalue weighted by atomic mass is 32.1. The number of rotatable bonds is 6. The van der Waals surface area contributed by atoms with Crippen LogP contribution in [-0.2, 0) is 0 Å². The van der Waals surface area contributed by atoms with Gasteiger partial charge in [-0.2, -0.15) is 0 Å². The molecule has 0 spiro atoms. The fourth-order valence-corrected chi connectivity index (χ4v) is 11.0. The summed E-state index contributed by atoms with van der Waals surface area (Å²) < 4.78 is 11.9. The first-order valence-corrected chi connectivity index (χ1v) is 21.9. The van der Waals surface area contributed by atoms with Crippen molar-refractivity contribution in [1.29, 1.82) is 0 Å². The van der Waals surface area contributed by atoms with Crippen molar-refractivity contribution in [2.75, 3.05) is 4.90 Å². The van der Waals surface area contributed by atoms with E-state index in [1.54, 1.807) is 0 Å². The summed E-state index contributed by atoms with van der Waals surface area (Å²) >= 11 is 1.87. The topological polar surface area (TPSA) is 21.3 Å². The quantitative estimate of drug-likeness (QED) is 0.167. The normalized spacial score (nSPS) is 11.9. The number of para-hydroxylation sites is 4. The molecule has 0 aliphatic carbocycles. The number of benzene rings is 10. The van der Waals surface area contributed by atoms with E-state index in [0.717, 1.165) is 61.2 Å². The second-order valence-electron chi connectivity index (χ2n) is 16.0. The highest BCUT2D eigenvalue weighted by Gasteiger charge is 2.22. The minimum atomic E-state index is 0.889. The van der Waals surface area contributed by atoms with Crippen molar-refractivity contribution < 1.29 is 4.42 Å². The van der Waals surface area contributed by atoms with E-state index in [-0.39, 0.29) is 0 Å². The van der Waals surface area contributed by atoms with E-state index >= 15 is 0 Å². The van der Waals surface area contributed by atoms with E-state index in [0.29, 0.717) is 0 Å². The van der Waals surface area contributed by atoms with Gasteiger partial charge < -0.3 is 13.9 Å². The predicted octanol–water partition coefficient (Wildman–Crippen LogP) is 17.0. The summed E-state index contributed by atoms with van der Waals surface area (Å²) in [7, 11) is 0. The van der Waals surface area contributed by atoms with E-state index in [2.05, 4.69) is 228 Å². The van der Waals surface area contributed by atoms with Crippen molar-refractivity contribution in [1.82, 2.24) is 4.57 Å². The predicted molar refractivity (Wildman–Crippen MR) is 264 cm³/mol. The second-order valence-corrected chi connectivity index (χ2v) is 17.1. The monoisotopic (exact) mass is 808 g/mol. The average Bonchev–Trinajstić information content (AvgIpc) is 4.03. The molecule has 0 saturated heterocycles.